The molecule has 21 heavy (non-hydrogen) atoms. The lowest BCUT2D eigenvalue weighted by molar-refractivity contribution is -0.126. The molecule has 1 saturated heterocycles. The van der Waals surface area contributed by atoms with Crippen LogP contribution in [0.1, 0.15) is 24.8 Å². The minimum atomic E-state index is -0.0378. The van der Waals surface area contributed by atoms with Crippen LogP contribution >= 0.6 is 0 Å². The Labute approximate surface area is 122 Å². The molecule has 2 aliphatic heterocycles. The van der Waals surface area contributed by atoms with Gasteiger partial charge in [0.15, 0.2) is 11.5 Å². The van der Waals surface area contributed by atoms with Crippen LogP contribution in [0.3, 0.4) is 0 Å². The van der Waals surface area contributed by atoms with E-state index in [4.69, 9.17) is 9.47 Å². The third kappa shape index (κ3) is 2.89. The molecule has 2 heterocycles. The van der Waals surface area contributed by atoms with Gasteiger partial charge in [0.25, 0.3) is 0 Å². The zero-order valence-electron chi connectivity index (χ0n) is 11.6. The largest absolute Gasteiger partial charge is 0.454 e. The van der Waals surface area contributed by atoms with E-state index in [0.717, 1.165) is 25.9 Å². The van der Waals surface area contributed by atoms with Crippen molar-refractivity contribution in [1.29, 1.82) is 0 Å². The van der Waals surface area contributed by atoms with Gasteiger partial charge in [0.1, 0.15) is 5.69 Å². The van der Waals surface area contributed by atoms with Crippen LogP contribution in [-0.4, -0.2) is 30.7 Å². The number of amides is 1. The summed E-state index contributed by atoms with van der Waals surface area (Å²) in [6, 6.07) is 3.19. The molecule has 0 aromatic heterocycles. The second-order valence-electron chi connectivity index (χ2n) is 5.07. The zero-order chi connectivity index (χ0) is 14.7. The standard InChI is InChI=1S/C15H16N2O4/c18-15(17-6-2-1-3-7-17)5-4-11-8-13-14(21-10-20-13)9-12(11)16-19/h4-5,8-9H,1-3,6-7,10H2/b5-4+. The third-order valence-corrected chi connectivity index (χ3v) is 3.69. The number of rotatable bonds is 3. The summed E-state index contributed by atoms with van der Waals surface area (Å²) in [6.45, 7) is 1.72. The van der Waals surface area contributed by atoms with Crippen LogP contribution in [0.4, 0.5) is 5.69 Å². The van der Waals surface area contributed by atoms with Crippen molar-refractivity contribution < 1.29 is 14.3 Å². The highest BCUT2D eigenvalue weighted by molar-refractivity contribution is 5.92. The number of fused-ring (bicyclic) bond motifs is 1. The molecule has 6 heteroatoms. The molecule has 6 nitrogen and oxygen atoms in total. The molecule has 0 spiro atoms. The molecule has 1 fully saturated rings. The topological polar surface area (TPSA) is 68.2 Å². The van der Waals surface area contributed by atoms with E-state index in [9.17, 15) is 9.70 Å². The van der Waals surface area contributed by atoms with E-state index in [2.05, 4.69) is 5.18 Å². The first kappa shape index (κ1) is 13.6. The minimum absolute atomic E-state index is 0.0378. The minimum Gasteiger partial charge on any atom is -0.454 e. The quantitative estimate of drug-likeness (QED) is 0.633. The second-order valence-corrected chi connectivity index (χ2v) is 5.07. The summed E-state index contributed by atoms with van der Waals surface area (Å²) in [5, 5.41) is 2.98. The summed E-state index contributed by atoms with van der Waals surface area (Å²) < 4.78 is 10.5. The molecule has 0 unspecified atom stereocenters. The summed E-state index contributed by atoms with van der Waals surface area (Å²) in [4.78, 5) is 24.8. The number of ether oxygens (including phenoxy) is 2. The molecule has 0 radical (unpaired) electrons. The van der Waals surface area contributed by atoms with Gasteiger partial charge in [-0.05, 0) is 36.6 Å². The maximum atomic E-state index is 12.1. The van der Waals surface area contributed by atoms with E-state index in [1.165, 1.54) is 18.6 Å². The molecule has 0 saturated carbocycles. The highest BCUT2D eigenvalue weighted by atomic mass is 16.7. The SMILES string of the molecule is O=Nc1cc2c(cc1/C=C/C(=O)N1CCCCC1)OCO2. The number of nitroso groups, excluding NO2 is 1. The molecule has 110 valence electrons. The zero-order valence-corrected chi connectivity index (χ0v) is 11.6. The number of carbonyl (C=O) groups excluding carboxylic acids is 1. The van der Waals surface area contributed by atoms with Crippen molar-refractivity contribution in [2.75, 3.05) is 19.9 Å². The average molecular weight is 288 g/mol. The van der Waals surface area contributed by atoms with Crippen molar-refractivity contribution in [3.05, 3.63) is 28.7 Å². The van der Waals surface area contributed by atoms with Crippen molar-refractivity contribution in [1.82, 2.24) is 4.90 Å². The molecule has 0 N–H and O–H groups in total. The molecular weight excluding hydrogens is 272 g/mol. The van der Waals surface area contributed by atoms with Crippen molar-refractivity contribution >= 4 is 17.7 Å². The van der Waals surface area contributed by atoms with Crippen LogP contribution in [0, 0.1) is 4.91 Å². The van der Waals surface area contributed by atoms with Gasteiger partial charge in [0, 0.05) is 30.8 Å². The van der Waals surface area contributed by atoms with Crippen LogP contribution in [0.2, 0.25) is 0 Å². The number of piperidine rings is 1. The lowest BCUT2D eigenvalue weighted by Crippen LogP contribution is -2.34. The first-order chi connectivity index (χ1) is 10.3. The van der Waals surface area contributed by atoms with E-state index in [1.807, 2.05) is 4.90 Å². The molecule has 2 aliphatic rings. The van der Waals surface area contributed by atoms with Crippen LogP contribution in [0.15, 0.2) is 23.4 Å². The Kier molecular flexibility index (Phi) is 3.85. The number of carbonyl (C=O) groups is 1. The molecule has 1 amide bonds. The smallest absolute Gasteiger partial charge is 0.246 e. The van der Waals surface area contributed by atoms with Gasteiger partial charge in [-0.25, -0.2) is 0 Å². The molecule has 0 atom stereocenters. The van der Waals surface area contributed by atoms with Gasteiger partial charge < -0.3 is 14.4 Å². The van der Waals surface area contributed by atoms with E-state index in [1.54, 1.807) is 12.1 Å². The molecule has 0 bridgehead atoms. The Morgan fingerprint density at radius 2 is 1.86 bits per heavy atom. The molecule has 3 rings (SSSR count). The predicted octanol–water partition coefficient (Wildman–Crippen LogP) is 2.84. The fourth-order valence-electron chi connectivity index (χ4n) is 2.54. The molecular formula is C15H16N2O4. The first-order valence-electron chi connectivity index (χ1n) is 7.02. The molecule has 0 aliphatic carbocycles. The van der Waals surface area contributed by atoms with E-state index in [0.29, 0.717) is 17.1 Å². The van der Waals surface area contributed by atoms with Crippen molar-refractivity contribution in [3.63, 3.8) is 0 Å². The number of likely N-dealkylation sites (tertiary alicyclic amines) is 1. The Balaban J connectivity index is 1.78. The van der Waals surface area contributed by atoms with Crippen molar-refractivity contribution in [2.24, 2.45) is 5.18 Å². The number of benzene rings is 1. The average Bonchev–Trinajstić information content (AvgIpc) is 2.99. The van der Waals surface area contributed by atoms with Crippen LogP contribution in [0.25, 0.3) is 6.08 Å². The highest BCUT2D eigenvalue weighted by Crippen LogP contribution is 2.38. The van der Waals surface area contributed by atoms with Gasteiger partial charge >= 0.3 is 0 Å². The Morgan fingerprint density at radius 1 is 1.14 bits per heavy atom. The van der Waals surface area contributed by atoms with Gasteiger partial charge in [-0.2, -0.15) is 0 Å². The lowest BCUT2D eigenvalue weighted by atomic mass is 10.1. The van der Waals surface area contributed by atoms with Crippen molar-refractivity contribution in [3.8, 4) is 11.5 Å². The molecule has 1 aromatic rings. The lowest BCUT2D eigenvalue weighted by Gasteiger charge is -2.25. The fraction of sp³-hybridized carbons (Fsp3) is 0.400. The van der Waals surface area contributed by atoms with Crippen molar-refractivity contribution in [2.45, 2.75) is 19.3 Å². The highest BCUT2D eigenvalue weighted by Gasteiger charge is 2.18. The summed E-state index contributed by atoms with van der Waals surface area (Å²) in [6.07, 6.45) is 6.36. The summed E-state index contributed by atoms with van der Waals surface area (Å²) in [5.74, 6) is 1.03. The van der Waals surface area contributed by atoms with E-state index in [-0.39, 0.29) is 18.4 Å². The number of hydrogen-bond donors (Lipinski definition) is 0. The second kappa shape index (κ2) is 5.95. The Hall–Kier alpha value is -2.37. The predicted molar refractivity (Wildman–Crippen MR) is 77.5 cm³/mol. The van der Waals surface area contributed by atoms with Crippen LogP contribution in [-0.2, 0) is 4.79 Å². The normalized spacial score (nSPS) is 17.2. The van der Waals surface area contributed by atoms with Gasteiger partial charge in [-0.15, -0.1) is 4.91 Å². The third-order valence-electron chi connectivity index (χ3n) is 3.69. The van der Waals surface area contributed by atoms with Gasteiger partial charge in [-0.1, -0.05) is 0 Å². The maximum Gasteiger partial charge on any atom is 0.246 e. The van der Waals surface area contributed by atoms with E-state index < -0.39 is 0 Å². The number of nitrogens with zero attached hydrogens (tertiary/aromatic N) is 2. The maximum absolute atomic E-state index is 12.1. The number of hydrogen-bond acceptors (Lipinski definition) is 5. The van der Waals surface area contributed by atoms with Gasteiger partial charge in [-0.3, -0.25) is 4.79 Å². The van der Waals surface area contributed by atoms with Gasteiger partial charge in [0.05, 0.1) is 0 Å². The fourth-order valence-corrected chi connectivity index (χ4v) is 2.54. The Morgan fingerprint density at radius 3 is 2.57 bits per heavy atom. The summed E-state index contributed by atoms with van der Waals surface area (Å²) >= 11 is 0. The monoisotopic (exact) mass is 288 g/mol. The molecule has 1 aromatic carbocycles. The van der Waals surface area contributed by atoms with Crippen LogP contribution in [0.5, 0.6) is 11.5 Å². The van der Waals surface area contributed by atoms with Gasteiger partial charge in [0.2, 0.25) is 12.7 Å². The Bertz CT molecular complexity index is 592. The van der Waals surface area contributed by atoms with E-state index >= 15 is 0 Å². The first-order valence-corrected chi connectivity index (χ1v) is 7.02. The summed E-state index contributed by atoms with van der Waals surface area (Å²) in [7, 11) is 0. The summed E-state index contributed by atoms with van der Waals surface area (Å²) in [5.41, 5.74) is 0.793. The van der Waals surface area contributed by atoms with Crippen LogP contribution < -0.4 is 9.47 Å².